The van der Waals surface area contributed by atoms with Crippen molar-refractivity contribution in [2.75, 3.05) is 6.61 Å². The first-order valence-corrected chi connectivity index (χ1v) is 9.55. The van der Waals surface area contributed by atoms with Crippen LogP contribution in [0.4, 0.5) is 0 Å². The summed E-state index contributed by atoms with van der Waals surface area (Å²) in [6, 6.07) is 7.85. The molecule has 1 unspecified atom stereocenters. The third-order valence-corrected chi connectivity index (χ3v) is 5.14. The largest absolute Gasteiger partial charge is 0.459 e. The first-order chi connectivity index (χ1) is 11.6. The summed E-state index contributed by atoms with van der Waals surface area (Å²) in [5.74, 6) is 1.19. The van der Waals surface area contributed by atoms with Gasteiger partial charge < -0.3 is 9.84 Å². The maximum atomic E-state index is 11.9. The molecule has 1 N–H and O–H groups in total. The number of benzene rings is 1. The SMILES string of the molecule is CCCCCC1CCC(c2ccc(C(=O)OCC(C)O)cc2)CC1. The molecule has 0 spiro atoms. The Morgan fingerprint density at radius 2 is 1.83 bits per heavy atom. The summed E-state index contributed by atoms with van der Waals surface area (Å²) in [6.07, 6.45) is 10.0. The highest BCUT2D eigenvalue weighted by atomic mass is 16.5. The lowest BCUT2D eigenvalue weighted by atomic mass is 9.77. The zero-order chi connectivity index (χ0) is 17.4. The Balaban J connectivity index is 1.80. The maximum Gasteiger partial charge on any atom is 0.338 e. The fourth-order valence-electron chi connectivity index (χ4n) is 3.64. The van der Waals surface area contributed by atoms with Crippen LogP contribution in [0.15, 0.2) is 24.3 Å². The Bertz CT molecular complexity index is 484. The van der Waals surface area contributed by atoms with Crippen molar-refractivity contribution in [1.29, 1.82) is 0 Å². The number of carbonyl (C=O) groups excluding carboxylic acids is 1. The van der Waals surface area contributed by atoms with E-state index in [9.17, 15) is 9.90 Å². The fourth-order valence-corrected chi connectivity index (χ4v) is 3.64. The predicted octanol–water partition coefficient (Wildman–Crippen LogP) is 5.08. The minimum absolute atomic E-state index is 0.0443. The van der Waals surface area contributed by atoms with Gasteiger partial charge in [0.2, 0.25) is 0 Å². The summed E-state index contributed by atoms with van der Waals surface area (Å²) in [5.41, 5.74) is 1.90. The molecule has 1 aliphatic carbocycles. The first kappa shape index (κ1) is 19.0. The average Bonchev–Trinajstić information content (AvgIpc) is 2.60. The second kappa shape index (κ2) is 9.83. The quantitative estimate of drug-likeness (QED) is 0.533. The van der Waals surface area contributed by atoms with Gasteiger partial charge in [-0.2, -0.15) is 0 Å². The number of carbonyl (C=O) groups is 1. The lowest BCUT2D eigenvalue weighted by Gasteiger charge is -2.29. The zero-order valence-electron chi connectivity index (χ0n) is 15.2. The van der Waals surface area contributed by atoms with Crippen LogP contribution in [0, 0.1) is 5.92 Å². The van der Waals surface area contributed by atoms with Crippen molar-refractivity contribution in [3.63, 3.8) is 0 Å². The van der Waals surface area contributed by atoms with Gasteiger partial charge in [0.1, 0.15) is 6.61 Å². The molecule has 0 aromatic heterocycles. The number of rotatable bonds is 8. The van der Waals surface area contributed by atoms with Gasteiger partial charge in [-0.1, -0.05) is 44.7 Å². The number of hydrogen-bond acceptors (Lipinski definition) is 3. The van der Waals surface area contributed by atoms with Crippen molar-refractivity contribution in [3.05, 3.63) is 35.4 Å². The molecule has 1 aliphatic rings. The monoisotopic (exact) mass is 332 g/mol. The van der Waals surface area contributed by atoms with Crippen LogP contribution < -0.4 is 0 Å². The minimum atomic E-state index is -0.624. The molecule has 0 amide bonds. The molecule has 134 valence electrons. The van der Waals surface area contributed by atoms with E-state index < -0.39 is 6.10 Å². The van der Waals surface area contributed by atoms with Gasteiger partial charge in [0.15, 0.2) is 0 Å². The lowest BCUT2D eigenvalue weighted by Crippen LogP contribution is -2.16. The summed E-state index contributed by atoms with van der Waals surface area (Å²) < 4.78 is 5.05. The highest BCUT2D eigenvalue weighted by Gasteiger charge is 2.22. The van der Waals surface area contributed by atoms with Crippen molar-refractivity contribution in [3.8, 4) is 0 Å². The van der Waals surface area contributed by atoms with Crippen LogP contribution in [-0.2, 0) is 4.74 Å². The number of esters is 1. The Kier molecular flexibility index (Phi) is 7.77. The van der Waals surface area contributed by atoms with Crippen molar-refractivity contribution >= 4 is 5.97 Å². The van der Waals surface area contributed by atoms with Crippen molar-refractivity contribution < 1.29 is 14.6 Å². The van der Waals surface area contributed by atoms with E-state index in [0.717, 1.165) is 5.92 Å². The third kappa shape index (κ3) is 5.94. The zero-order valence-corrected chi connectivity index (χ0v) is 15.2. The molecule has 0 aliphatic heterocycles. The highest BCUT2D eigenvalue weighted by Crippen LogP contribution is 2.37. The Labute approximate surface area is 146 Å². The number of aliphatic hydroxyl groups excluding tert-OH is 1. The summed E-state index contributed by atoms with van der Waals surface area (Å²) in [7, 11) is 0. The first-order valence-electron chi connectivity index (χ1n) is 9.55. The molecule has 1 aromatic rings. The molecule has 1 fully saturated rings. The number of unbranched alkanes of at least 4 members (excludes halogenated alkanes) is 2. The van der Waals surface area contributed by atoms with E-state index >= 15 is 0 Å². The Morgan fingerprint density at radius 3 is 2.42 bits per heavy atom. The van der Waals surface area contributed by atoms with Crippen LogP contribution in [-0.4, -0.2) is 23.8 Å². The molecule has 3 nitrogen and oxygen atoms in total. The van der Waals surface area contributed by atoms with Crippen molar-refractivity contribution in [1.82, 2.24) is 0 Å². The molecule has 2 rings (SSSR count). The van der Waals surface area contributed by atoms with E-state index in [2.05, 4.69) is 19.1 Å². The molecule has 1 saturated carbocycles. The standard InChI is InChI=1S/C21H32O3/c1-3-4-5-6-17-7-9-18(10-8-17)19-11-13-20(14-12-19)21(23)24-15-16(2)22/h11-14,16-18,22H,3-10,15H2,1-2H3. The van der Waals surface area contributed by atoms with E-state index in [1.54, 1.807) is 6.92 Å². The van der Waals surface area contributed by atoms with Gasteiger partial charge in [0, 0.05) is 0 Å². The van der Waals surface area contributed by atoms with E-state index in [1.165, 1.54) is 56.9 Å². The van der Waals surface area contributed by atoms with E-state index in [4.69, 9.17) is 4.74 Å². The van der Waals surface area contributed by atoms with Crippen LogP contribution in [0.2, 0.25) is 0 Å². The summed E-state index contributed by atoms with van der Waals surface area (Å²) >= 11 is 0. The number of hydrogen-bond donors (Lipinski definition) is 1. The number of ether oxygens (including phenoxy) is 1. The Hall–Kier alpha value is -1.35. The van der Waals surface area contributed by atoms with Crippen molar-refractivity contribution in [2.45, 2.75) is 77.2 Å². The molecular formula is C21H32O3. The molecule has 0 saturated heterocycles. The molecule has 0 bridgehead atoms. The predicted molar refractivity (Wildman–Crippen MR) is 97.2 cm³/mol. The second-order valence-corrected chi connectivity index (χ2v) is 7.28. The number of aliphatic hydroxyl groups is 1. The van der Waals surface area contributed by atoms with Gasteiger partial charge >= 0.3 is 5.97 Å². The summed E-state index contributed by atoms with van der Waals surface area (Å²) in [6.45, 7) is 3.92. The van der Waals surface area contributed by atoms with Crippen molar-refractivity contribution in [2.24, 2.45) is 5.92 Å². The molecular weight excluding hydrogens is 300 g/mol. The smallest absolute Gasteiger partial charge is 0.338 e. The van der Waals surface area contributed by atoms with Crippen LogP contribution in [0.1, 0.15) is 87.1 Å². The average molecular weight is 332 g/mol. The van der Waals surface area contributed by atoms with Crippen LogP contribution in [0.3, 0.4) is 0 Å². The van der Waals surface area contributed by atoms with Gasteiger partial charge in [-0.15, -0.1) is 0 Å². The normalized spacial score (nSPS) is 22.1. The van der Waals surface area contributed by atoms with Crippen LogP contribution in [0.25, 0.3) is 0 Å². The van der Waals surface area contributed by atoms with Gasteiger partial charge in [0.25, 0.3) is 0 Å². The summed E-state index contributed by atoms with van der Waals surface area (Å²) in [5, 5.41) is 9.17. The molecule has 24 heavy (non-hydrogen) atoms. The third-order valence-electron chi connectivity index (χ3n) is 5.14. The fraction of sp³-hybridized carbons (Fsp3) is 0.667. The van der Waals surface area contributed by atoms with Gasteiger partial charge in [-0.3, -0.25) is 0 Å². The van der Waals surface area contributed by atoms with Gasteiger partial charge in [-0.05, 0) is 62.1 Å². The summed E-state index contributed by atoms with van der Waals surface area (Å²) in [4.78, 5) is 11.9. The van der Waals surface area contributed by atoms with E-state index in [1.807, 2.05) is 12.1 Å². The maximum absolute atomic E-state index is 11.9. The van der Waals surface area contributed by atoms with Crippen LogP contribution >= 0.6 is 0 Å². The molecule has 0 heterocycles. The second-order valence-electron chi connectivity index (χ2n) is 7.28. The van der Waals surface area contributed by atoms with Gasteiger partial charge in [-0.25, -0.2) is 4.79 Å². The molecule has 0 radical (unpaired) electrons. The molecule has 3 heteroatoms. The van der Waals surface area contributed by atoms with E-state index in [0.29, 0.717) is 11.5 Å². The molecule has 1 atom stereocenters. The lowest BCUT2D eigenvalue weighted by molar-refractivity contribution is 0.0296. The minimum Gasteiger partial charge on any atom is -0.459 e. The Morgan fingerprint density at radius 1 is 1.17 bits per heavy atom. The van der Waals surface area contributed by atoms with Gasteiger partial charge in [0.05, 0.1) is 11.7 Å². The van der Waals surface area contributed by atoms with Crippen LogP contribution in [0.5, 0.6) is 0 Å². The topological polar surface area (TPSA) is 46.5 Å². The highest BCUT2D eigenvalue weighted by molar-refractivity contribution is 5.89. The van der Waals surface area contributed by atoms with E-state index in [-0.39, 0.29) is 12.6 Å². The molecule has 1 aromatic carbocycles.